The number of pyridine rings is 1. The molecule has 0 aliphatic rings. The van der Waals surface area contributed by atoms with E-state index in [1.165, 1.54) is 0 Å². The van der Waals surface area contributed by atoms with E-state index in [0.29, 0.717) is 12.1 Å². The molecule has 0 unspecified atom stereocenters. The predicted octanol–water partition coefficient (Wildman–Crippen LogP) is 2.76. The Morgan fingerprint density at radius 1 is 1.61 bits per heavy atom. The number of rotatable bonds is 3. The van der Waals surface area contributed by atoms with Crippen molar-refractivity contribution in [2.45, 2.75) is 6.54 Å². The summed E-state index contributed by atoms with van der Waals surface area (Å²) < 4.78 is 1.03. The van der Waals surface area contributed by atoms with E-state index >= 15 is 0 Å². The molecule has 94 valence electrons. The lowest BCUT2D eigenvalue weighted by atomic mass is 10.2. The van der Waals surface area contributed by atoms with Crippen molar-refractivity contribution in [3.63, 3.8) is 0 Å². The van der Waals surface area contributed by atoms with Crippen LogP contribution in [0.5, 0.6) is 0 Å². The summed E-state index contributed by atoms with van der Waals surface area (Å²) in [6.45, 7) is 0.559. The zero-order chi connectivity index (χ0) is 13.1. The monoisotopic (exact) mass is 325 g/mol. The summed E-state index contributed by atoms with van der Waals surface area (Å²) in [5, 5.41) is 1.99. The zero-order valence-electron chi connectivity index (χ0n) is 9.76. The molecule has 2 N–H and O–H groups in total. The molecule has 6 heteroatoms. The van der Waals surface area contributed by atoms with Gasteiger partial charge in [0.2, 0.25) is 0 Å². The number of thiophene rings is 1. The number of carbonyl (C=O) groups is 1. The number of anilines is 1. The highest BCUT2D eigenvalue weighted by atomic mass is 79.9. The first-order valence-electron chi connectivity index (χ1n) is 5.27. The van der Waals surface area contributed by atoms with Crippen LogP contribution in [0.2, 0.25) is 0 Å². The van der Waals surface area contributed by atoms with Crippen molar-refractivity contribution >= 4 is 39.0 Å². The van der Waals surface area contributed by atoms with Gasteiger partial charge in [-0.15, -0.1) is 11.3 Å². The summed E-state index contributed by atoms with van der Waals surface area (Å²) in [6.07, 6.45) is 1.57. The van der Waals surface area contributed by atoms with Crippen LogP contribution < -0.4 is 5.73 Å². The summed E-state index contributed by atoms with van der Waals surface area (Å²) in [7, 11) is 1.75. The number of halogens is 1. The second kappa shape index (κ2) is 5.49. The minimum atomic E-state index is -0.120. The molecular weight excluding hydrogens is 314 g/mol. The van der Waals surface area contributed by atoms with Gasteiger partial charge in [-0.1, -0.05) is 0 Å². The molecule has 2 aromatic heterocycles. The van der Waals surface area contributed by atoms with Crippen molar-refractivity contribution in [3.8, 4) is 0 Å². The van der Waals surface area contributed by atoms with Gasteiger partial charge in [0.1, 0.15) is 5.82 Å². The van der Waals surface area contributed by atoms with Crippen molar-refractivity contribution in [3.05, 3.63) is 44.7 Å². The first-order chi connectivity index (χ1) is 8.58. The summed E-state index contributed by atoms with van der Waals surface area (Å²) >= 11 is 5.00. The lowest BCUT2D eigenvalue weighted by Crippen LogP contribution is -2.26. The third-order valence-electron chi connectivity index (χ3n) is 2.43. The van der Waals surface area contributed by atoms with Crippen LogP contribution in [0.4, 0.5) is 5.82 Å². The molecule has 0 aromatic carbocycles. The molecule has 18 heavy (non-hydrogen) atoms. The molecule has 0 saturated heterocycles. The van der Waals surface area contributed by atoms with Crippen LogP contribution in [0.1, 0.15) is 15.2 Å². The maximum Gasteiger partial charge on any atom is 0.257 e. The first-order valence-corrected chi connectivity index (χ1v) is 6.94. The second-order valence-corrected chi connectivity index (χ2v) is 5.74. The van der Waals surface area contributed by atoms with Gasteiger partial charge in [-0.3, -0.25) is 4.79 Å². The quantitative estimate of drug-likeness (QED) is 0.943. The van der Waals surface area contributed by atoms with E-state index in [1.807, 2.05) is 11.4 Å². The molecule has 0 aliphatic carbocycles. The van der Waals surface area contributed by atoms with Gasteiger partial charge >= 0.3 is 0 Å². The Bertz CT molecular complexity index is 570. The van der Waals surface area contributed by atoms with Gasteiger partial charge in [0.05, 0.1) is 12.1 Å². The summed E-state index contributed by atoms with van der Waals surface area (Å²) in [5.74, 6) is 0.145. The van der Waals surface area contributed by atoms with E-state index in [2.05, 4.69) is 20.9 Å². The van der Waals surface area contributed by atoms with Crippen LogP contribution in [-0.2, 0) is 6.54 Å². The summed E-state index contributed by atoms with van der Waals surface area (Å²) in [4.78, 5) is 18.8. The lowest BCUT2D eigenvalue weighted by molar-refractivity contribution is 0.0787. The second-order valence-electron chi connectivity index (χ2n) is 3.83. The number of aromatic nitrogens is 1. The highest BCUT2D eigenvalue weighted by Gasteiger charge is 2.15. The highest BCUT2D eigenvalue weighted by molar-refractivity contribution is 9.10. The third-order valence-corrected chi connectivity index (χ3v) is 4.11. The van der Waals surface area contributed by atoms with Crippen molar-refractivity contribution in [2.75, 3.05) is 12.8 Å². The largest absolute Gasteiger partial charge is 0.383 e. The van der Waals surface area contributed by atoms with E-state index in [9.17, 15) is 4.79 Å². The smallest absolute Gasteiger partial charge is 0.257 e. The number of amides is 1. The van der Waals surface area contributed by atoms with E-state index in [1.54, 1.807) is 41.6 Å². The number of nitrogen functional groups attached to an aromatic ring is 1. The Morgan fingerprint density at radius 2 is 2.39 bits per heavy atom. The Labute approximate surface area is 118 Å². The molecule has 2 aromatic rings. The molecule has 0 saturated carbocycles. The molecule has 2 rings (SSSR count). The Morgan fingerprint density at radius 3 is 3.00 bits per heavy atom. The van der Waals surface area contributed by atoms with Crippen molar-refractivity contribution in [2.24, 2.45) is 0 Å². The SMILES string of the molecule is CN(Cc1cc(Br)cs1)C(=O)c1cccnc1N. The fourth-order valence-electron chi connectivity index (χ4n) is 1.55. The van der Waals surface area contributed by atoms with Crippen molar-refractivity contribution in [1.29, 1.82) is 0 Å². The van der Waals surface area contributed by atoms with E-state index in [0.717, 1.165) is 9.35 Å². The Kier molecular flexibility index (Phi) is 3.98. The highest BCUT2D eigenvalue weighted by Crippen LogP contribution is 2.21. The number of nitrogens with two attached hydrogens (primary N) is 1. The standard InChI is InChI=1S/C12H12BrN3OS/c1-16(6-9-5-8(13)7-18-9)12(17)10-3-2-4-15-11(10)14/h2-5,7H,6H2,1H3,(H2,14,15). The molecule has 2 heterocycles. The van der Waals surface area contributed by atoms with Gasteiger partial charge in [-0.05, 0) is 34.1 Å². The van der Waals surface area contributed by atoms with Gasteiger partial charge in [0, 0.05) is 28.0 Å². The molecule has 0 fully saturated rings. The average Bonchev–Trinajstić information content (AvgIpc) is 2.74. The maximum absolute atomic E-state index is 12.2. The molecule has 0 atom stereocenters. The number of hydrogen-bond donors (Lipinski definition) is 1. The fourth-order valence-corrected chi connectivity index (χ4v) is 3.05. The van der Waals surface area contributed by atoms with Crippen LogP contribution in [-0.4, -0.2) is 22.8 Å². The molecule has 0 radical (unpaired) electrons. The van der Waals surface area contributed by atoms with E-state index in [-0.39, 0.29) is 11.7 Å². The third kappa shape index (κ3) is 2.88. The van der Waals surface area contributed by atoms with Crippen LogP contribution >= 0.6 is 27.3 Å². The Balaban J connectivity index is 2.12. The minimum absolute atomic E-state index is 0.120. The topological polar surface area (TPSA) is 59.2 Å². The molecule has 0 spiro atoms. The normalized spacial score (nSPS) is 10.3. The van der Waals surface area contributed by atoms with Gasteiger partial charge < -0.3 is 10.6 Å². The molecular formula is C12H12BrN3OS. The maximum atomic E-state index is 12.2. The summed E-state index contributed by atoms with van der Waals surface area (Å²) in [5.41, 5.74) is 6.13. The van der Waals surface area contributed by atoms with Crippen molar-refractivity contribution in [1.82, 2.24) is 9.88 Å². The number of carbonyl (C=O) groups excluding carboxylic acids is 1. The van der Waals surface area contributed by atoms with Crippen LogP contribution in [0.15, 0.2) is 34.2 Å². The predicted molar refractivity (Wildman–Crippen MR) is 76.5 cm³/mol. The molecule has 0 bridgehead atoms. The average molecular weight is 326 g/mol. The Hall–Kier alpha value is -1.40. The number of hydrogen-bond acceptors (Lipinski definition) is 4. The van der Waals surface area contributed by atoms with Crippen LogP contribution in [0.3, 0.4) is 0 Å². The molecule has 4 nitrogen and oxygen atoms in total. The molecule has 0 aliphatic heterocycles. The molecule has 1 amide bonds. The first kappa shape index (κ1) is 13.0. The van der Waals surface area contributed by atoms with E-state index in [4.69, 9.17) is 5.73 Å². The van der Waals surface area contributed by atoms with Gasteiger partial charge in [-0.25, -0.2) is 4.98 Å². The van der Waals surface area contributed by atoms with Gasteiger partial charge in [-0.2, -0.15) is 0 Å². The summed E-state index contributed by atoms with van der Waals surface area (Å²) in [6, 6.07) is 5.39. The van der Waals surface area contributed by atoms with Crippen molar-refractivity contribution < 1.29 is 4.79 Å². The fraction of sp³-hybridized carbons (Fsp3) is 0.167. The number of nitrogens with zero attached hydrogens (tertiary/aromatic N) is 2. The van der Waals surface area contributed by atoms with Gasteiger partial charge in [0.25, 0.3) is 5.91 Å². The van der Waals surface area contributed by atoms with Crippen LogP contribution in [0, 0.1) is 0 Å². The van der Waals surface area contributed by atoms with Crippen LogP contribution in [0.25, 0.3) is 0 Å². The minimum Gasteiger partial charge on any atom is -0.383 e. The van der Waals surface area contributed by atoms with E-state index < -0.39 is 0 Å². The lowest BCUT2D eigenvalue weighted by Gasteiger charge is -2.16. The zero-order valence-corrected chi connectivity index (χ0v) is 12.2. The van der Waals surface area contributed by atoms with Gasteiger partial charge in [0.15, 0.2) is 0 Å².